The Balaban J connectivity index is 1.61. The molecule has 0 saturated heterocycles. The molecule has 0 aliphatic rings. The Morgan fingerprint density at radius 3 is 2.56 bits per heavy atom. The van der Waals surface area contributed by atoms with Gasteiger partial charge in [-0.15, -0.1) is 0 Å². The van der Waals surface area contributed by atoms with Crippen molar-refractivity contribution in [3.05, 3.63) is 71.1 Å². The van der Waals surface area contributed by atoms with Crippen LogP contribution in [0.1, 0.15) is 21.8 Å². The van der Waals surface area contributed by atoms with Gasteiger partial charge in [0.05, 0.1) is 12.8 Å². The molecule has 0 atom stereocenters. The van der Waals surface area contributed by atoms with Gasteiger partial charge in [-0.1, -0.05) is 0 Å². The van der Waals surface area contributed by atoms with E-state index < -0.39 is 17.5 Å². The number of aryl methyl sites for hydroxylation is 1. The van der Waals surface area contributed by atoms with E-state index in [1.807, 2.05) is 24.3 Å². The lowest BCUT2D eigenvalue weighted by atomic mass is 10.2. The minimum atomic E-state index is -1.06. The molecule has 0 spiro atoms. The number of carbonyl (C=O) groups excluding carboxylic acids is 1. The van der Waals surface area contributed by atoms with E-state index in [0.29, 0.717) is 23.8 Å². The Morgan fingerprint density at radius 2 is 1.89 bits per heavy atom. The molecule has 3 rings (SSSR count). The summed E-state index contributed by atoms with van der Waals surface area (Å²) in [4.78, 5) is 16.5. The standard InChI is InChI=1S/C20H18F2N2O3/c1-12-18(24-20(27-12)13-3-6-15(26-2)7-4-13)9-10-23-19(25)14-5-8-16(21)17(22)11-14/h3-8,11H,9-10H2,1-2H3,(H,23,25). The average Bonchev–Trinajstić information content (AvgIpc) is 3.04. The quantitative estimate of drug-likeness (QED) is 0.713. The lowest BCUT2D eigenvalue weighted by Crippen LogP contribution is -2.26. The van der Waals surface area contributed by atoms with E-state index in [1.165, 1.54) is 6.07 Å². The molecule has 1 N–H and O–H groups in total. The van der Waals surface area contributed by atoms with Gasteiger partial charge in [-0.3, -0.25) is 4.79 Å². The van der Waals surface area contributed by atoms with Gasteiger partial charge in [0, 0.05) is 24.1 Å². The molecule has 0 radical (unpaired) electrons. The van der Waals surface area contributed by atoms with Gasteiger partial charge in [-0.2, -0.15) is 0 Å². The highest BCUT2D eigenvalue weighted by molar-refractivity contribution is 5.94. The van der Waals surface area contributed by atoms with Crippen LogP contribution in [0.15, 0.2) is 46.9 Å². The molecule has 2 aromatic carbocycles. The second-order valence-corrected chi connectivity index (χ2v) is 5.89. The molecule has 0 unspecified atom stereocenters. The van der Waals surface area contributed by atoms with Gasteiger partial charge in [0.2, 0.25) is 5.89 Å². The minimum Gasteiger partial charge on any atom is -0.497 e. The molecular formula is C20H18F2N2O3. The largest absolute Gasteiger partial charge is 0.497 e. The first-order valence-electron chi connectivity index (χ1n) is 8.32. The number of benzene rings is 2. The fourth-order valence-electron chi connectivity index (χ4n) is 2.55. The summed E-state index contributed by atoms with van der Waals surface area (Å²) in [6.45, 7) is 2.08. The number of aromatic nitrogens is 1. The number of hydrogen-bond donors (Lipinski definition) is 1. The van der Waals surface area contributed by atoms with Crippen LogP contribution in [0.3, 0.4) is 0 Å². The Hall–Kier alpha value is -3.22. The lowest BCUT2D eigenvalue weighted by molar-refractivity contribution is 0.0953. The molecule has 1 heterocycles. The normalized spacial score (nSPS) is 10.7. The fraction of sp³-hybridized carbons (Fsp3) is 0.200. The summed E-state index contributed by atoms with van der Waals surface area (Å²) in [6, 6.07) is 10.3. The molecule has 0 fully saturated rings. The molecular weight excluding hydrogens is 354 g/mol. The van der Waals surface area contributed by atoms with Gasteiger partial charge in [0.25, 0.3) is 5.91 Å². The molecule has 7 heteroatoms. The van der Waals surface area contributed by atoms with Crippen LogP contribution in [0.2, 0.25) is 0 Å². The number of rotatable bonds is 6. The number of nitrogens with one attached hydrogen (secondary N) is 1. The zero-order valence-corrected chi connectivity index (χ0v) is 14.9. The molecule has 3 aromatic rings. The van der Waals surface area contributed by atoms with E-state index in [9.17, 15) is 13.6 Å². The first-order valence-corrected chi connectivity index (χ1v) is 8.32. The number of hydrogen-bond acceptors (Lipinski definition) is 4. The third-order valence-electron chi connectivity index (χ3n) is 4.06. The maximum Gasteiger partial charge on any atom is 0.251 e. The summed E-state index contributed by atoms with van der Waals surface area (Å²) in [5.74, 6) is -0.650. The Labute approximate surface area is 155 Å². The van der Waals surface area contributed by atoms with E-state index in [4.69, 9.17) is 9.15 Å². The zero-order chi connectivity index (χ0) is 19.4. The Kier molecular flexibility index (Phi) is 5.49. The average molecular weight is 372 g/mol. The maximum atomic E-state index is 13.2. The summed E-state index contributed by atoms with van der Waals surface area (Å²) < 4.78 is 37.0. The summed E-state index contributed by atoms with van der Waals surface area (Å²) in [7, 11) is 1.59. The Bertz CT molecular complexity index is 952. The second-order valence-electron chi connectivity index (χ2n) is 5.89. The van der Waals surface area contributed by atoms with Gasteiger partial charge in [0.15, 0.2) is 11.6 Å². The Morgan fingerprint density at radius 1 is 1.15 bits per heavy atom. The maximum absolute atomic E-state index is 13.2. The lowest BCUT2D eigenvalue weighted by Gasteiger charge is -2.04. The second kappa shape index (κ2) is 7.99. The van der Waals surface area contributed by atoms with Crippen LogP contribution in [0.25, 0.3) is 11.5 Å². The number of halogens is 2. The van der Waals surface area contributed by atoms with Crippen LogP contribution in [0.5, 0.6) is 5.75 Å². The van der Waals surface area contributed by atoms with Crippen LogP contribution < -0.4 is 10.1 Å². The molecule has 27 heavy (non-hydrogen) atoms. The van der Waals surface area contributed by atoms with Gasteiger partial charge in [-0.25, -0.2) is 13.8 Å². The molecule has 0 aliphatic carbocycles. The monoisotopic (exact) mass is 372 g/mol. The van der Waals surface area contributed by atoms with Gasteiger partial charge >= 0.3 is 0 Å². The van der Waals surface area contributed by atoms with Crippen molar-refractivity contribution in [3.63, 3.8) is 0 Å². The summed E-state index contributed by atoms with van der Waals surface area (Å²) in [6.07, 6.45) is 0.445. The molecule has 140 valence electrons. The number of oxazole rings is 1. The van der Waals surface area contributed by atoms with Gasteiger partial charge < -0.3 is 14.5 Å². The summed E-state index contributed by atoms with van der Waals surface area (Å²) in [5.41, 5.74) is 1.59. The highest BCUT2D eigenvalue weighted by Crippen LogP contribution is 2.24. The highest BCUT2D eigenvalue weighted by Gasteiger charge is 2.13. The van der Waals surface area contributed by atoms with Crippen LogP contribution in [-0.4, -0.2) is 24.5 Å². The van der Waals surface area contributed by atoms with Crippen LogP contribution in [0.4, 0.5) is 8.78 Å². The molecule has 0 saturated carbocycles. The van der Waals surface area contributed by atoms with Crippen molar-refractivity contribution in [3.8, 4) is 17.2 Å². The summed E-state index contributed by atoms with van der Waals surface area (Å²) in [5, 5.41) is 2.66. The third-order valence-corrected chi connectivity index (χ3v) is 4.06. The van der Waals surface area contributed by atoms with Gasteiger partial charge in [0.1, 0.15) is 11.5 Å². The molecule has 1 aromatic heterocycles. The van der Waals surface area contributed by atoms with Crippen molar-refractivity contribution >= 4 is 5.91 Å². The van der Waals surface area contributed by atoms with E-state index >= 15 is 0 Å². The highest BCUT2D eigenvalue weighted by atomic mass is 19.2. The van der Waals surface area contributed by atoms with Crippen molar-refractivity contribution in [2.24, 2.45) is 0 Å². The number of carbonyl (C=O) groups is 1. The predicted octanol–water partition coefficient (Wildman–Crippen LogP) is 3.91. The van der Waals surface area contributed by atoms with Crippen LogP contribution >= 0.6 is 0 Å². The third kappa shape index (κ3) is 4.31. The van der Waals surface area contributed by atoms with Gasteiger partial charge in [-0.05, 0) is 49.4 Å². The molecule has 1 amide bonds. The van der Waals surface area contributed by atoms with Crippen molar-refractivity contribution in [2.45, 2.75) is 13.3 Å². The van der Waals surface area contributed by atoms with Crippen molar-refractivity contribution in [2.75, 3.05) is 13.7 Å². The van der Waals surface area contributed by atoms with Crippen molar-refractivity contribution < 1.29 is 22.7 Å². The van der Waals surface area contributed by atoms with Crippen molar-refractivity contribution in [1.29, 1.82) is 0 Å². The topological polar surface area (TPSA) is 64.4 Å². The minimum absolute atomic E-state index is 0.0599. The molecule has 5 nitrogen and oxygen atoms in total. The number of ether oxygens (including phenoxy) is 1. The van der Waals surface area contributed by atoms with Crippen LogP contribution in [0, 0.1) is 18.6 Å². The smallest absolute Gasteiger partial charge is 0.251 e. The fourth-order valence-corrected chi connectivity index (χ4v) is 2.55. The summed E-state index contributed by atoms with van der Waals surface area (Å²) >= 11 is 0. The SMILES string of the molecule is COc1ccc(-c2nc(CCNC(=O)c3ccc(F)c(F)c3)c(C)o2)cc1. The first-order chi connectivity index (χ1) is 13.0. The van der Waals surface area contributed by atoms with Crippen molar-refractivity contribution in [1.82, 2.24) is 10.3 Å². The number of nitrogens with zero attached hydrogens (tertiary/aromatic N) is 1. The number of amides is 1. The molecule has 0 aliphatic heterocycles. The molecule has 0 bridgehead atoms. The zero-order valence-electron chi connectivity index (χ0n) is 14.9. The van der Waals surface area contributed by atoms with E-state index in [0.717, 1.165) is 23.4 Å². The first kappa shape index (κ1) is 18.6. The predicted molar refractivity (Wildman–Crippen MR) is 95.6 cm³/mol. The van der Waals surface area contributed by atoms with Crippen LogP contribution in [-0.2, 0) is 6.42 Å². The van der Waals surface area contributed by atoms with E-state index in [-0.39, 0.29) is 12.1 Å². The number of methoxy groups -OCH3 is 1. The van der Waals surface area contributed by atoms with E-state index in [1.54, 1.807) is 14.0 Å². The van der Waals surface area contributed by atoms with E-state index in [2.05, 4.69) is 10.3 Å².